The Kier molecular flexibility index (Phi) is 3.46. The van der Waals surface area contributed by atoms with Gasteiger partial charge >= 0.3 is 0 Å². The Morgan fingerprint density at radius 2 is 2.12 bits per heavy atom. The molecule has 0 bridgehead atoms. The molecule has 0 unspecified atom stereocenters. The van der Waals surface area contributed by atoms with E-state index < -0.39 is 0 Å². The zero-order chi connectivity index (χ0) is 16.9. The van der Waals surface area contributed by atoms with Crippen molar-refractivity contribution in [2.45, 2.75) is 13.8 Å². The normalized spacial score (nSPS) is 26.8. The predicted octanol–water partition coefficient (Wildman–Crippen LogP) is 2.07. The number of carbonyl (C=O) groups is 1. The van der Waals surface area contributed by atoms with Gasteiger partial charge in [0.1, 0.15) is 0 Å². The Morgan fingerprint density at radius 3 is 2.83 bits per heavy atom. The highest BCUT2D eigenvalue weighted by Gasteiger charge is 2.49. The van der Waals surface area contributed by atoms with E-state index in [9.17, 15) is 4.79 Å². The molecule has 2 aliphatic rings. The second kappa shape index (κ2) is 5.41. The summed E-state index contributed by atoms with van der Waals surface area (Å²) in [5.74, 6) is 1.62. The van der Waals surface area contributed by atoms with Crippen molar-refractivity contribution in [3.05, 3.63) is 35.7 Å². The van der Waals surface area contributed by atoms with Crippen molar-refractivity contribution in [2.24, 2.45) is 11.3 Å². The van der Waals surface area contributed by atoms with E-state index in [0.717, 1.165) is 31.7 Å². The molecule has 0 aliphatic carbocycles. The third-order valence-corrected chi connectivity index (χ3v) is 5.31. The van der Waals surface area contributed by atoms with Crippen LogP contribution in [0.15, 0.2) is 28.7 Å². The van der Waals surface area contributed by atoms with E-state index in [1.165, 1.54) is 0 Å². The summed E-state index contributed by atoms with van der Waals surface area (Å²) < 4.78 is 5.47. The third kappa shape index (κ3) is 2.51. The molecule has 24 heavy (non-hydrogen) atoms. The number of aryl methyl sites for hydroxylation is 1. The minimum absolute atomic E-state index is 0.0892. The molecule has 0 saturated carbocycles. The quantitative estimate of drug-likeness (QED) is 0.845. The number of nitrogens with zero attached hydrogens (tertiary/aromatic N) is 4. The molecule has 2 fully saturated rings. The number of carbonyl (C=O) groups excluding carboxylic acids is 1. The Balaban J connectivity index is 1.56. The number of aromatic nitrogens is 2. The van der Waals surface area contributed by atoms with Crippen LogP contribution in [0.25, 0.3) is 11.5 Å². The van der Waals surface area contributed by atoms with E-state index in [4.69, 9.17) is 4.42 Å². The highest BCUT2D eigenvalue weighted by Crippen LogP contribution is 2.41. The number of fused-ring (bicyclic) bond motifs is 1. The van der Waals surface area contributed by atoms with Crippen LogP contribution in [-0.4, -0.2) is 59.1 Å². The summed E-state index contributed by atoms with van der Waals surface area (Å²) in [6.45, 7) is 7.84. The van der Waals surface area contributed by atoms with Crippen LogP contribution in [0.1, 0.15) is 23.2 Å². The zero-order valence-corrected chi connectivity index (χ0v) is 14.3. The van der Waals surface area contributed by atoms with Gasteiger partial charge in [-0.15, -0.1) is 10.2 Å². The Morgan fingerprint density at radius 1 is 1.29 bits per heavy atom. The SMILES string of the molecule is Cc1nnc(-c2cccc(C(=O)N3C[C@H]4CN(C)C[C@@]4(C)C3)c2)o1. The molecule has 1 aromatic carbocycles. The predicted molar refractivity (Wildman–Crippen MR) is 89.5 cm³/mol. The molecule has 0 N–H and O–H groups in total. The monoisotopic (exact) mass is 326 g/mol. The second-order valence-corrected chi connectivity index (χ2v) is 7.44. The Labute approximate surface area is 141 Å². The smallest absolute Gasteiger partial charge is 0.253 e. The van der Waals surface area contributed by atoms with E-state index in [2.05, 4.69) is 29.1 Å². The van der Waals surface area contributed by atoms with Crippen molar-refractivity contribution in [1.29, 1.82) is 0 Å². The van der Waals surface area contributed by atoms with E-state index in [-0.39, 0.29) is 11.3 Å². The summed E-state index contributed by atoms with van der Waals surface area (Å²) in [6.07, 6.45) is 0. The van der Waals surface area contributed by atoms with Gasteiger partial charge in [-0.05, 0) is 31.2 Å². The van der Waals surface area contributed by atoms with Gasteiger partial charge in [0.05, 0.1) is 0 Å². The molecule has 3 heterocycles. The summed E-state index contributed by atoms with van der Waals surface area (Å²) in [7, 11) is 2.16. The van der Waals surface area contributed by atoms with Crippen molar-refractivity contribution < 1.29 is 9.21 Å². The molecule has 4 rings (SSSR count). The fourth-order valence-electron chi connectivity index (χ4n) is 4.17. The minimum Gasteiger partial charge on any atom is -0.421 e. The fourth-order valence-corrected chi connectivity index (χ4v) is 4.17. The second-order valence-electron chi connectivity index (χ2n) is 7.44. The molecule has 0 radical (unpaired) electrons. The number of hydrogen-bond donors (Lipinski definition) is 0. The van der Waals surface area contributed by atoms with Crippen molar-refractivity contribution in [1.82, 2.24) is 20.0 Å². The van der Waals surface area contributed by atoms with Crippen LogP contribution < -0.4 is 0 Å². The van der Waals surface area contributed by atoms with Crippen molar-refractivity contribution in [3.63, 3.8) is 0 Å². The van der Waals surface area contributed by atoms with Crippen LogP contribution in [0.5, 0.6) is 0 Å². The van der Waals surface area contributed by atoms with E-state index in [1.807, 2.05) is 29.2 Å². The molecule has 1 amide bonds. The van der Waals surface area contributed by atoms with Crippen LogP contribution in [-0.2, 0) is 0 Å². The number of amides is 1. The van der Waals surface area contributed by atoms with Gasteiger partial charge in [-0.3, -0.25) is 4.79 Å². The van der Waals surface area contributed by atoms with Crippen molar-refractivity contribution in [2.75, 3.05) is 33.2 Å². The van der Waals surface area contributed by atoms with E-state index >= 15 is 0 Å². The molecule has 2 saturated heterocycles. The Hall–Kier alpha value is -2.21. The number of rotatable bonds is 2. The summed E-state index contributed by atoms with van der Waals surface area (Å²) in [5.41, 5.74) is 1.68. The summed E-state index contributed by atoms with van der Waals surface area (Å²) >= 11 is 0. The van der Waals surface area contributed by atoms with Gasteiger partial charge in [-0.1, -0.05) is 13.0 Å². The van der Waals surface area contributed by atoms with Crippen molar-refractivity contribution in [3.8, 4) is 11.5 Å². The first kappa shape index (κ1) is 15.3. The van der Waals surface area contributed by atoms with Crippen LogP contribution in [0, 0.1) is 18.3 Å². The van der Waals surface area contributed by atoms with Gasteiger partial charge in [0.2, 0.25) is 11.8 Å². The number of benzene rings is 1. The molecular formula is C18H22N4O2. The van der Waals surface area contributed by atoms with Crippen LogP contribution in [0.2, 0.25) is 0 Å². The molecule has 6 heteroatoms. The average molecular weight is 326 g/mol. The lowest BCUT2D eigenvalue weighted by atomic mass is 9.83. The fraction of sp³-hybridized carbons (Fsp3) is 0.500. The van der Waals surface area contributed by atoms with Crippen LogP contribution in [0.4, 0.5) is 0 Å². The van der Waals surface area contributed by atoms with Gasteiger partial charge < -0.3 is 14.2 Å². The highest BCUT2D eigenvalue weighted by molar-refractivity contribution is 5.95. The van der Waals surface area contributed by atoms with Gasteiger partial charge in [0.15, 0.2) is 0 Å². The molecule has 1 aromatic heterocycles. The first-order valence-electron chi connectivity index (χ1n) is 8.33. The van der Waals surface area contributed by atoms with E-state index in [0.29, 0.717) is 23.3 Å². The third-order valence-electron chi connectivity index (χ3n) is 5.31. The maximum absolute atomic E-state index is 12.9. The molecular weight excluding hydrogens is 304 g/mol. The topological polar surface area (TPSA) is 62.5 Å². The molecule has 6 nitrogen and oxygen atoms in total. The first-order valence-corrected chi connectivity index (χ1v) is 8.33. The zero-order valence-electron chi connectivity index (χ0n) is 14.3. The standard InChI is InChI=1S/C18H22N4O2/c1-12-19-20-16(24-12)13-5-4-6-14(7-13)17(23)22-9-15-8-21(3)10-18(15,2)11-22/h4-7,15H,8-11H2,1-3H3/t15-,18+/m1/s1. The Bertz CT molecular complexity index is 787. The van der Waals surface area contributed by atoms with E-state index in [1.54, 1.807) is 6.92 Å². The number of likely N-dealkylation sites (tertiary alicyclic amines) is 2. The van der Waals surface area contributed by atoms with Crippen molar-refractivity contribution >= 4 is 5.91 Å². The van der Waals surface area contributed by atoms with Gasteiger partial charge in [-0.25, -0.2) is 0 Å². The van der Waals surface area contributed by atoms with Gasteiger partial charge in [-0.2, -0.15) is 0 Å². The number of hydrogen-bond acceptors (Lipinski definition) is 5. The first-order chi connectivity index (χ1) is 11.4. The highest BCUT2D eigenvalue weighted by atomic mass is 16.4. The molecule has 126 valence electrons. The molecule has 2 aliphatic heterocycles. The maximum atomic E-state index is 12.9. The molecule has 2 atom stereocenters. The lowest BCUT2D eigenvalue weighted by Crippen LogP contribution is -2.34. The van der Waals surface area contributed by atoms with Gasteiger partial charge in [0.25, 0.3) is 5.91 Å². The summed E-state index contributed by atoms with van der Waals surface area (Å²) in [5, 5.41) is 7.89. The average Bonchev–Trinajstić information content (AvgIpc) is 3.18. The largest absolute Gasteiger partial charge is 0.421 e. The van der Waals surface area contributed by atoms with Crippen LogP contribution >= 0.6 is 0 Å². The molecule has 0 spiro atoms. The lowest BCUT2D eigenvalue weighted by Gasteiger charge is -2.24. The van der Waals surface area contributed by atoms with Gasteiger partial charge in [0, 0.05) is 49.6 Å². The summed E-state index contributed by atoms with van der Waals surface area (Å²) in [6, 6.07) is 7.46. The van der Waals surface area contributed by atoms with Crippen LogP contribution in [0.3, 0.4) is 0 Å². The summed E-state index contributed by atoms with van der Waals surface area (Å²) in [4.78, 5) is 17.3. The minimum atomic E-state index is 0.0892. The lowest BCUT2D eigenvalue weighted by molar-refractivity contribution is 0.0765. The maximum Gasteiger partial charge on any atom is 0.253 e. The molecule has 2 aromatic rings.